The molecule has 2 aliphatic heterocycles. The van der Waals surface area contributed by atoms with Crippen LogP contribution in [0.5, 0.6) is 11.5 Å². The van der Waals surface area contributed by atoms with Crippen molar-refractivity contribution in [3.63, 3.8) is 0 Å². The van der Waals surface area contributed by atoms with Crippen molar-refractivity contribution in [2.75, 3.05) is 36.5 Å². The maximum absolute atomic E-state index is 12.6. The minimum atomic E-state index is -0.0204. The van der Waals surface area contributed by atoms with Gasteiger partial charge in [0.25, 0.3) is 0 Å². The predicted molar refractivity (Wildman–Crippen MR) is 102 cm³/mol. The van der Waals surface area contributed by atoms with Gasteiger partial charge in [0.05, 0.1) is 19.8 Å². The minimum Gasteiger partial charge on any atom is -0.490 e. The van der Waals surface area contributed by atoms with Gasteiger partial charge >= 0.3 is 0 Å². The number of hydrogen-bond acceptors (Lipinski definition) is 4. The quantitative estimate of drug-likeness (QED) is 0.918. The molecule has 5 heteroatoms. The molecule has 0 radical (unpaired) electrons. The lowest BCUT2D eigenvalue weighted by Crippen LogP contribution is -2.36. The monoisotopic (exact) mass is 352 g/mol. The van der Waals surface area contributed by atoms with E-state index in [1.165, 1.54) is 16.8 Å². The molecule has 0 atom stereocenters. The van der Waals surface area contributed by atoms with Crippen molar-refractivity contribution < 1.29 is 14.3 Å². The molecular formula is C21H24N2O3. The highest BCUT2D eigenvalue weighted by atomic mass is 16.5. The molecular weight excluding hydrogens is 328 g/mol. The van der Waals surface area contributed by atoms with Crippen LogP contribution in [0.15, 0.2) is 36.4 Å². The third kappa shape index (κ3) is 3.62. The van der Waals surface area contributed by atoms with Crippen LogP contribution in [0.2, 0.25) is 0 Å². The molecule has 0 saturated heterocycles. The zero-order valence-corrected chi connectivity index (χ0v) is 15.1. The van der Waals surface area contributed by atoms with Crippen molar-refractivity contribution in [2.45, 2.75) is 26.2 Å². The summed E-state index contributed by atoms with van der Waals surface area (Å²) in [6.07, 6.45) is 3.02. The van der Waals surface area contributed by atoms with Gasteiger partial charge in [0.2, 0.25) is 5.91 Å². The number of fused-ring (bicyclic) bond motifs is 2. The van der Waals surface area contributed by atoms with Crippen LogP contribution in [0.3, 0.4) is 0 Å². The number of benzene rings is 2. The maximum Gasteiger partial charge on any atom is 0.243 e. The number of carbonyl (C=O) groups excluding carboxylic acids is 1. The highest BCUT2D eigenvalue weighted by Gasteiger charge is 2.19. The van der Waals surface area contributed by atoms with Crippen LogP contribution in [0.4, 0.5) is 11.4 Å². The van der Waals surface area contributed by atoms with E-state index in [1.54, 1.807) is 0 Å². The lowest BCUT2D eigenvalue weighted by molar-refractivity contribution is -0.115. The third-order valence-corrected chi connectivity index (χ3v) is 4.82. The van der Waals surface area contributed by atoms with Gasteiger partial charge in [-0.05, 0) is 43.5 Å². The van der Waals surface area contributed by atoms with Gasteiger partial charge in [-0.1, -0.05) is 17.7 Å². The van der Waals surface area contributed by atoms with Crippen molar-refractivity contribution in [2.24, 2.45) is 0 Å². The molecule has 1 amide bonds. The Bertz CT molecular complexity index is 819. The van der Waals surface area contributed by atoms with Gasteiger partial charge in [0.1, 0.15) is 0 Å². The summed E-state index contributed by atoms with van der Waals surface area (Å²) in [6, 6.07) is 12.0. The topological polar surface area (TPSA) is 50.8 Å². The smallest absolute Gasteiger partial charge is 0.243 e. The summed E-state index contributed by atoms with van der Waals surface area (Å²) in [4.78, 5) is 14.7. The van der Waals surface area contributed by atoms with E-state index < -0.39 is 0 Å². The van der Waals surface area contributed by atoms with Crippen molar-refractivity contribution in [1.29, 1.82) is 0 Å². The van der Waals surface area contributed by atoms with Crippen LogP contribution in [0.25, 0.3) is 0 Å². The van der Waals surface area contributed by atoms with Crippen LogP contribution < -0.4 is 19.7 Å². The summed E-state index contributed by atoms with van der Waals surface area (Å²) in [5, 5.41) is 2.99. The molecule has 2 aliphatic rings. The number of anilines is 2. The lowest BCUT2D eigenvalue weighted by Gasteiger charge is -2.31. The average Bonchev–Trinajstić information content (AvgIpc) is 2.86. The molecule has 0 aliphatic carbocycles. The van der Waals surface area contributed by atoms with Gasteiger partial charge < -0.3 is 19.7 Å². The summed E-state index contributed by atoms with van der Waals surface area (Å²) < 4.78 is 11.3. The van der Waals surface area contributed by atoms with E-state index in [4.69, 9.17) is 9.47 Å². The number of nitrogens with zero attached hydrogens (tertiary/aromatic N) is 1. The highest BCUT2D eigenvalue weighted by molar-refractivity contribution is 5.94. The maximum atomic E-state index is 12.6. The molecule has 0 saturated carbocycles. The fourth-order valence-corrected chi connectivity index (χ4v) is 3.58. The van der Waals surface area contributed by atoms with Crippen LogP contribution in [0, 0.1) is 6.92 Å². The number of rotatable bonds is 3. The molecule has 2 aromatic carbocycles. The number of amides is 1. The second kappa shape index (κ2) is 7.28. The number of ether oxygens (including phenoxy) is 2. The second-order valence-electron chi connectivity index (χ2n) is 6.92. The van der Waals surface area contributed by atoms with E-state index in [0.29, 0.717) is 25.5 Å². The Labute approximate surface area is 153 Å². The highest BCUT2D eigenvalue weighted by Crippen LogP contribution is 2.32. The number of carbonyl (C=O) groups is 1. The number of hydrogen-bond donors (Lipinski definition) is 1. The summed E-state index contributed by atoms with van der Waals surface area (Å²) in [5.41, 5.74) is 4.51. The Morgan fingerprint density at radius 2 is 1.92 bits per heavy atom. The molecule has 2 heterocycles. The van der Waals surface area contributed by atoms with Crippen molar-refractivity contribution in [3.05, 3.63) is 47.5 Å². The first kappa shape index (κ1) is 16.8. The Morgan fingerprint density at radius 3 is 2.81 bits per heavy atom. The second-order valence-corrected chi connectivity index (χ2v) is 6.92. The van der Waals surface area contributed by atoms with Crippen LogP contribution in [-0.4, -0.2) is 32.2 Å². The Morgan fingerprint density at radius 1 is 1.08 bits per heavy atom. The zero-order valence-electron chi connectivity index (χ0n) is 15.1. The van der Waals surface area contributed by atoms with E-state index >= 15 is 0 Å². The molecule has 136 valence electrons. The molecule has 0 fully saturated rings. The number of aryl methyl sites for hydroxylation is 2. The van der Waals surface area contributed by atoms with Gasteiger partial charge in [0.15, 0.2) is 11.5 Å². The first-order valence-electron chi connectivity index (χ1n) is 9.23. The molecule has 0 spiro atoms. The van der Waals surface area contributed by atoms with Gasteiger partial charge in [-0.25, -0.2) is 0 Å². The summed E-state index contributed by atoms with van der Waals surface area (Å²) in [5.74, 6) is 1.41. The van der Waals surface area contributed by atoms with Crippen LogP contribution in [-0.2, 0) is 11.2 Å². The average molecular weight is 352 g/mol. The molecule has 0 bridgehead atoms. The number of nitrogens with one attached hydrogen (secondary N) is 1. The molecule has 0 unspecified atom stereocenters. The molecule has 0 aromatic heterocycles. The lowest BCUT2D eigenvalue weighted by atomic mass is 9.99. The first-order chi connectivity index (χ1) is 12.7. The fraction of sp³-hybridized carbons (Fsp3) is 0.381. The molecule has 4 rings (SSSR count). The molecule has 5 nitrogen and oxygen atoms in total. The Balaban J connectivity index is 1.44. The molecule has 1 N–H and O–H groups in total. The van der Waals surface area contributed by atoms with Crippen molar-refractivity contribution in [3.8, 4) is 11.5 Å². The molecule has 2 aromatic rings. The standard InChI is InChI=1S/C21H24N2O3/c1-15-5-7-18-16(12-15)4-2-9-23(18)14-21(24)22-17-6-8-19-20(13-17)26-11-3-10-25-19/h5-8,12-13H,2-4,9-11,14H2,1H3,(H,22,24). The van der Waals surface area contributed by atoms with Gasteiger partial charge in [0, 0.05) is 30.4 Å². The fourth-order valence-electron chi connectivity index (χ4n) is 3.58. The van der Waals surface area contributed by atoms with E-state index in [9.17, 15) is 4.79 Å². The molecule has 26 heavy (non-hydrogen) atoms. The van der Waals surface area contributed by atoms with E-state index in [1.807, 2.05) is 18.2 Å². The predicted octanol–water partition coefficient (Wildman–Crippen LogP) is 3.55. The van der Waals surface area contributed by atoms with Crippen LogP contribution in [0.1, 0.15) is 24.0 Å². The van der Waals surface area contributed by atoms with Gasteiger partial charge in [-0.15, -0.1) is 0 Å². The largest absolute Gasteiger partial charge is 0.490 e. The minimum absolute atomic E-state index is 0.0204. The van der Waals surface area contributed by atoms with E-state index in [-0.39, 0.29) is 5.91 Å². The van der Waals surface area contributed by atoms with Crippen molar-refractivity contribution in [1.82, 2.24) is 0 Å². The normalized spacial score (nSPS) is 15.8. The van der Waals surface area contributed by atoms with Gasteiger partial charge in [-0.3, -0.25) is 4.79 Å². The summed E-state index contributed by atoms with van der Waals surface area (Å²) in [7, 11) is 0. The van der Waals surface area contributed by atoms with Crippen LogP contribution >= 0.6 is 0 Å². The summed E-state index contributed by atoms with van der Waals surface area (Å²) >= 11 is 0. The zero-order chi connectivity index (χ0) is 17.9. The SMILES string of the molecule is Cc1ccc2c(c1)CCCN2CC(=O)Nc1ccc2c(c1)OCCCO2. The summed E-state index contributed by atoms with van der Waals surface area (Å²) in [6.45, 7) is 4.66. The third-order valence-electron chi connectivity index (χ3n) is 4.82. The Kier molecular flexibility index (Phi) is 4.69. The van der Waals surface area contributed by atoms with E-state index in [0.717, 1.165) is 37.2 Å². The Hall–Kier alpha value is -2.69. The van der Waals surface area contributed by atoms with Gasteiger partial charge in [-0.2, -0.15) is 0 Å². The van der Waals surface area contributed by atoms with E-state index in [2.05, 4.69) is 35.3 Å². The first-order valence-corrected chi connectivity index (χ1v) is 9.23. The van der Waals surface area contributed by atoms with Crippen molar-refractivity contribution >= 4 is 17.3 Å².